The van der Waals surface area contributed by atoms with E-state index in [1.165, 1.54) is 25.1 Å². The lowest BCUT2D eigenvalue weighted by atomic mass is 9.89. The third-order valence-electron chi connectivity index (χ3n) is 8.43. The van der Waals surface area contributed by atoms with Crippen molar-refractivity contribution in [1.29, 1.82) is 5.41 Å². The Morgan fingerprint density at radius 1 is 0.920 bits per heavy atom. The number of alkyl halides is 3. The molecule has 2 heterocycles. The number of halogens is 3. The van der Waals surface area contributed by atoms with Crippen LogP contribution in [0.15, 0.2) is 89.8 Å². The topological polar surface area (TPSA) is 161 Å². The lowest BCUT2D eigenvalue weighted by Gasteiger charge is -2.39. The maximum atomic E-state index is 14.7. The van der Waals surface area contributed by atoms with Crippen molar-refractivity contribution in [2.45, 2.75) is 30.1 Å². The van der Waals surface area contributed by atoms with Crippen LogP contribution in [0.4, 0.5) is 13.2 Å². The Balaban J connectivity index is 1.45. The number of nitrogens with two attached hydrogens (primary N) is 1. The van der Waals surface area contributed by atoms with Crippen molar-refractivity contribution in [1.82, 2.24) is 29.8 Å². The number of ether oxygens (including phenoxy) is 2. The van der Waals surface area contributed by atoms with Gasteiger partial charge < -0.3 is 20.1 Å². The molecule has 16 heteroatoms. The molecule has 0 radical (unpaired) electrons. The zero-order valence-electron chi connectivity index (χ0n) is 27.0. The minimum absolute atomic E-state index is 0.0193. The summed E-state index contributed by atoms with van der Waals surface area (Å²) in [5.41, 5.74) is 6.65. The predicted octanol–water partition coefficient (Wildman–Crippen LogP) is 4.86. The molecule has 1 aliphatic heterocycles. The van der Waals surface area contributed by atoms with Crippen molar-refractivity contribution in [2.24, 2.45) is 5.73 Å². The van der Waals surface area contributed by atoms with E-state index < -0.39 is 26.7 Å². The fourth-order valence-corrected chi connectivity index (χ4v) is 7.11. The van der Waals surface area contributed by atoms with E-state index in [0.717, 1.165) is 17.2 Å². The summed E-state index contributed by atoms with van der Waals surface area (Å²) >= 11 is 0. The minimum Gasteiger partial charge on any atom is -0.497 e. The summed E-state index contributed by atoms with van der Waals surface area (Å²) < 4.78 is 84.8. The van der Waals surface area contributed by atoms with E-state index in [1.54, 1.807) is 65.6 Å². The highest BCUT2D eigenvalue weighted by Crippen LogP contribution is 2.43. The Hall–Kier alpha value is -5.48. The Morgan fingerprint density at radius 2 is 1.52 bits per heavy atom. The van der Waals surface area contributed by atoms with Crippen LogP contribution in [0.25, 0.3) is 22.5 Å². The van der Waals surface area contributed by atoms with Gasteiger partial charge in [-0.3, -0.25) is 5.41 Å². The molecule has 6 rings (SSSR count). The molecule has 12 nitrogen and oxygen atoms in total. The van der Waals surface area contributed by atoms with E-state index in [1.807, 2.05) is 12.1 Å². The van der Waals surface area contributed by atoms with E-state index in [2.05, 4.69) is 20.1 Å². The van der Waals surface area contributed by atoms with Gasteiger partial charge >= 0.3 is 6.18 Å². The van der Waals surface area contributed by atoms with Gasteiger partial charge in [-0.05, 0) is 63.4 Å². The molecule has 1 saturated heterocycles. The van der Waals surface area contributed by atoms with Gasteiger partial charge in [0.1, 0.15) is 16.4 Å². The number of nitrogens with one attached hydrogen (secondary N) is 2. The number of nitrogens with zero attached hydrogens (tertiary/aromatic N) is 5. The molecule has 0 bridgehead atoms. The Bertz CT molecular complexity index is 2100. The second kappa shape index (κ2) is 13.8. The van der Waals surface area contributed by atoms with Gasteiger partial charge in [-0.2, -0.15) is 18.0 Å². The summed E-state index contributed by atoms with van der Waals surface area (Å²) in [5, 5.41) is 20.1. The normalized spacial score (nSPS) is 13.6. The first-order valence-electron chi connectivity index (χ1n) is 15.3. The third-order valence-corrected chi connectivity index (χ3v) is 9.92. The summed E-state index contributed by atoms with van der Waals surface area (Å²) in [7, 11) is -1.84. The van der Waals surface area contributed by atoms with Crippen LogP contribution < -0.4 is 19.9 Å². The van der Waals surface area contributed by atoms with Gasteiger partial charge in [0.2, 0.25) is 15.8 Å². The number of sulfonamides is 1. The van der Waals surface area contributed by atoms with E-state index in [0.29, 0.717) is 35.7 Å². The number of methoxy groups -OCH3 is 2. The molecular weight excluding hydrogens is 673 g/mol. The van der Waals surface area contributed by atoms with Crippen LogP contribution in [0, 0.1) is 5.41 Å². The van der Waals surface area contributed by atoms with Gasteiger partial charge in [0.15, 0.2) is 5.96 Å². The van der Waals surface area contributed by atoms with Crippen LogP contribution in [0.2, 0.25) is 0 Å². The van der Waals surface area contributed by atoms with E-state index >= 15 is 0 Å². The molecule has 5 aromatic rings. The molecule has 4 aromatic carbocycles. The largest absolute Gasteiger partial charge is 0.497 e. The van der Waals surface area contributed by atoms with E-state index in [4.69, 9.17) is 20.6 Å². The second-order valence-corrected chi connectivity index (χ2v) is 13.3. The summed E-state index contributed by atoms with van der Waals surface area (Å²) in [6, 6.07) is 22.5. The number of tetrazole rings is 1. The monoisotopic (exact) mass is 706 g/mol. The van der Waals surface area contributed by atoms with Gasteiger partial charge in [-0.25, -0.2) is 13.1 Å². The minimum atomic E-state index is -5.05. The standard InChI is InChI=1S/C34H33F3N8O4S/c1-48-26-11-3-21(4-12-26)17-40-50(46,47)31-29(34(35,36)37)16-15-28(24-9-7-23(8-10-24)25-19-44(20-25)33(38)39)30(31)32-41-43-45(42-32)18-22-5-13-27(49-2)14-6-22/h3-16,25,40H,17-20H2,1-2H3,(H3,38,39). The molecule has 1 aromatic heterocycles. The highest BCUT2D eigenvalue weighted by atomic mass is 32.2. The molecule has 4 N–H and O–H groups in total. The van der Waals surface area contributed by atoms with E-state index in [-0.39, 0.29) is 41.9 Å². The zero-order chi connectivity index (χ0) is 35.6. The molecule has 1 fully saturated rings. The van der Waals surface area contributed by atoms with Crippen LogP contribution in [0.1, 0.15) is 28.2 Å². The average molecular weight is 707 g/mol. The van der Waals surface area contributed by atoms with Gasteiger partial charge in [0, 0.05) is 25.6 Å². The van der Waals surface area contributed by atoms with Crippen LogP contribution >= 0.6 is 0 Å². The summed E-state index contributed by atoms with van der Waals surface area (Å²) in [6.45, 7) is 0.933. The number of guanidine groups is 1. The molecule has 0 amide bonds. The smallest absolute Gasteiger partial charge is 0.417 e. The maximum Gasteiger partial charge on any atom is 0.417 e. The number of rotatable bonds is 11. The van der Waals surface area contributed by atoms with Crippen molar-refractivity contribution in [3.63, 3.8) is 0 Å². The maximum absolute atomic E-state index is 14.7. The summed E-state index contributed by atoms with van der Waals surface area (Å²) in [4.78, 5) is 1.88. The first-order chi connectivity index (χ1) is 23.9. The third kappa shape index (κ3) is 7.25. The molecule has 0 atom stereocenters. The molecule has 0 aliphatic carbocycles. The fourth-order valence-electron chi connectivity index (χ4n) is 5.67. The average Bonchev–Trinajstić information content (AvgIpc) is 3.54. The molecule has 50 heavy (non-hydrogen) atoms. The molecule has 0 spiro atoms. The lowest BCUT2D eigenvalue weighted by Crippen LogP contribution is -2.51. The van der Waals surface area contributed by atoms with Crippen molar-refractivity contribution in [2.75, 3.05) is 27.3 Å². The van der Waals surface area contributed by atoms with Gasteiger partial charge in [0.25, 0.3) is 0 Å². The highest BCUT2D eigenvalue weighted by Gasteiger charge is 2.41. The number of hydrogen-bond donors (Lipinski definition) is 3. The highest BCUT2D eigenvalue weighted by molar-refractivity contribution is 7.89. The van der Waals surface area contributed by atoms with Crippen LogP contribution in [-0.2, 0) is 29.3 Å². The number of likely N-dealkylation sites (tertiary alicyclic amines) is 1. The van der Waals surface area contributed by atoms with E-state index in [9.17, 15) is 21.6 Å². The SMILES string of the molecule is COc1ccc(CNS(=O)(=O)c2c(C(F)(F)F)ccc(-c3ccc(C4CN(C(=N)N)C4)cc3)c2-c2nnn(Cc3ccc(OC)cc3)n2)cc1. The quantitative estimate of drug-likeness (QED) is 0.129. The number of benzene rings is 4. The second-order valence-electron chi connectivity index (χ2n) is 11.6. The predicted molar refractivity (Wildman–Crippen MR) is 179 cm³/mol. The number of hydrogen-bond acceptors (Lipinski definition) is 8. The van der Waals surface area contributed by atoms with Gasteiger partial charge in [-0.15, -0.1) is 10.2 Å². The fraction of sp³-hybridized carbons (Fsp3) is 0.235. The molecule has 1 aliphatic rings. The molecule has 0 unspecified atom stereocenters. The molecular formula is C34H33F3N8O4S. The Labute approximate surface area is 286 Å². The van der Waals surface area contributed by atoms with Crippen molar-refractivity contribution in [3.8, 4) is 34.0 Å². The van der Waals surface area contributed by atoms with Gasteiger partial charge in [0.05, 0.1) is 31.9 Å². The Morgan fingerprint density at radius 3 is 2.08 bits per heavy atom. The van der Waals surface area contributed by atoms with Crippen molar-refractivity contribution >= 4 is 16.0 Å². The van der Waals surface area contributed by atoms with Crippen LogP contribution in [0.5, 0.6) is 11.5 Å². The summed E-state index contributed by atoms with van der Waals surface area (Å²) in [6.07, 6.45) is -5.05. The lowest BCUT2D eigenvalue weighted by molar-refractivity contribution is -0.139. The number of aromatic nitrogens is 4. The summed E-state index contributed by atoms with van der Waals surface area (Å²) in [5.74, 6) is 0.955. The van der Waals surface area contributed by atoms with Crippen LogP contribution in [-0.4, -0.2) is 66.8 Å². The molecule has 0 saturated carbocycles. The van der Waals surface area contributed by atoms with Crippen LogP contribution in [0.3, 0.4) is 0 Å². The first kappa shape index (κ1) is 34.4. The van der Waals surface area contributed by atoms with Crippen molar-refractivity contribution in [3.05, 3.63) is 107 Å². The van der Waals surface area contributed by atoms with Gasteiger partial charge in [-0.1, -0.05) is 54.6 Å². The Kier molecular flexibility index (Phi) is 9.49. The first-order valence-corrected chi connectivity index (χ1v) is 16.8. The molecule has 260 valence electrons. The zero-order valence-corrected chi connectivity index (χ0v) is 27.8. The van der Waals surface area contributed by atoms with Crippen molar-refractivity contribution < 1.29 is 31.1 Å².